The van der Waals surface area contributed by atoms with Crippen LogP contribution in [-0.2, 0) is 0 Å². The van der Waals surface area contributed by atoms with Crippen LogP contribution in [0.5, 0.6) is 0 Å². The van der Waals surface area contributed by atoms with E-state index < -0.39 is 0 Å². The minimum absolute atomic E-state index is 0.980. The first kappa shape index (κ1) is 9.85. The minimum Gasteiger partial charge on any atom is -0.359 e. The summed E-state index contributed by atoms with van der Waals surface area (Å²) >= 11 is 0. The van der Waals surface area contributed by atoms with Gasteiger partial charge in [-0.25, -0.2) is 0 Å². The lowest BCUT2D eigenvalue weighted by molar-refractivity contribution is 1.27. The lowest BCUT2D eigenvalue weighted by atomic mass is 10.0. The van der Waals surface area contributed by atoms with E-state index in [1.54, 1.807) is 0 Å². The van der Waals surface area contributed by atoms with E-state index in [9.17, 15) is 0 Å². The molecule has 0 bridgehead atoms. The van der Waals surface area contributed by atoms with E-state index in [2.05, 4.69) is 44.8 Å². The highest BCUT2D eigenvalue weighted by molar-refractivity contribution is 5.58. The van der Waals surface area contributed by atoms with Crippen LogP contribution >= 0.6 is 0 Å². The van der Waals surface area contributed by atoms with Crippen molar-refractivity contribution >= 4 is 5.69 Å². The van der Waals surface area contributed by atoms with Crippen molar-refractivity contribution in [3.05, 3.63) is 41.1 Å². The van der Waals surface area contributed by atoms with Crippen molar-refractivity contribution in [2.45, 2.75) is 27.7 Å². The molecule has 0 unspecified atom stereocenters. The Bertz CT molecular complexity index is 337. The van der Waals surface area contributed by atoms with Crippen LogP contribution in [-0.4, -0.2) is 0 Å². The van der Waals surface area contributed by atoms with E-state index in [1.807, 2.05) is 6.92 Å². The van der Waals surface area contributed by atoms with Crippen molar-refractivity contribution in [1.29, 1.82) is 0 Å². The molecule has 0 aliphatic heterocycles. The highest BCUT2D eigenvalue weighted by Gasteiger charge is 2.01. The van der Waals surface area contributed by atoms with Crippen LogP contribution in [0.25, 0.3) is 0 Å². The van der Waals surface area contributed by atoms with Crippen LogP contribution in [0.1, 0.15) is 23.6 Å². The molecule has 70 valence electrons. The average molecular weight is 175 g/mol. The minimum atomic E-state index is 0.980. The lowest BCUT2D eigenvalue weighted by Crippen LogP contribution is -1.98. The first-order chi connectivity index (χ1) is 6.00. The summed E-state index contributed by atoms with van der Waals surface area (Å²) in [6.07, 6.45) is 0. The van der Waals surface area contributed by atoms with Crippen molar-refractivity contribution in [3.8, 4) is 0 Å². The molecule has 0 aromatic heterocycles. The number of benzene rings is 1. The summed E-state index contributed by atoms with van der Waals surface area (Å²) in [5.74, 6) is 0. The molecule has 1 nitrogen and oxygen atoms in total. The topological polar surface area (TPSA) is 12.0 Å². The highest BCUT2D eigenvalue weighted by atomic mass is 14.9. The quantitative estimate of drug-likeness (QED) is 0.724. The summed E-state index contributed by atoms with van der Waals surface area (Å²) in [7, 11) is 0. The van der Waals surface area contributed by atoms with Gasteiger partial charge in [0.15, 0.2) is 0 Å². The summed E-state index contributed by atoms with van der Waals surface area (Å²) in [6, 6.07) is 4.34. The number of hydrogen-bond acceptors (Lipinski definition) is 1. The third kappa shape index (κ3) is 2.35. The summed E-state index contributed by atoms with van der Waals surface area (Å²) in [4.78, 5) is 0. The Hall–Kier alpha value is -1.24. The van der Waals surface area contributed by atoms with E-state index >= 15 is 0 Å². The van der Waals surface area contributed by atoms with Crippen LogP contribution in [0.4, 0.5) is 5.69 Å². The maximum atomic E-state index is 3.84. The Balaban J connectivity index is 3.12. The molecule has 0 radical (unpaired) electrons. The standard InChI is InChI=1S/C12H17N/c1-8(2)13-12-7-9(3)6-10(4)11(12)5/h6-7,13H,1H2,2-5H3. The fraction of sp³-hybridized carbons (Fsp3) is 0.333. The normalized spacial score (nSPS) is 9.85. The third-order valence-corrected chi connectivity index (χ3v) is 2.16. The van der Waals surface area contributed by atoms with Gasteiger partial charge < -0.3 is 5.32 Å². The van der Waals surface area contributed by atoms with Crippen LogP contribution in [0.2, 0.25) is 0 Å². The monoisotopic (exact) mass is 175 g/mol. The number of hydrogen-bond donors (Lipinski definition) is 1. The van der Waals surface area contributed by atoms with E-state index in [4.69, 9.17) is 0 Å². The molecule has 0 heterocycles. The molecule has 0 saturated heterocycles. The van der Waals surface area contributed by atoms with Crippen LogP contribution in [0, 0.1) is 20.8 Å². The van der Waals surface area contributed by atoms with Crippen LogP contribution in [0.15, 0.2) is 24.4 Å². The van der Waals surface area contributed by atoms with Gasteiger partial charge >= 0.3 is 0 Å². The maximum Gasteiger partial charge on any atom is 0.0416 e. The van der Waals surface area contributed by atoms with Crippen molar-refractivity contribution in [2.24, 2.45) is 0 Å². The second-order valence-corrected chi connectivity index (χ2v) is 3.66. The van der Waals surface area contributed by atoms with Crippen molar-refractivity contribution in [3.63, 3.8) is 0 Å². The second kappa shape index (κ2) is 3.65. The smallest absolute Gasteiger partial charge is 0.0416 e. The van der Waals surface area contributed by atoms with E-state index in [-0.39, 0.29) is 0 Å². The molecule has 1 aromatic carbocycles. The Labute approximate surface area is 80.5 Å². The summed E-state index contributed by atoms with van der Waals surface area (Å²) in [5, 5.41) is 3.26. The largest absolute Gasteiger partial charge is 0.359 e. The zero-order valence-electron chi connectivity index (χ0n) is 8.86. The highest BCUT2D eigenvalue weighted by Crippen LogP contribution is 2.21. The number of allylic oxidation sites excluding steroid dienone is 1. The summed E-state index contributed by atoms with van der Waals surface area (Å²) in [5.41, 5.74) is 6.06. The molecule has 13 heavy (non-hydrogen) atoms. The zero-order chi connectivity index (χ0) is 10.0. The molecule has 0 amide bonds. The van der Waals surface area contributed by atoms with Crippen molar-refractivity contribution in [1.82, 2.24) is 0 Å². The maximum absolute atomic E-state index is 3.84. The third-order valence-electron chi connectivity index (χ3n) is 2.16. The molecular formula is C12H17N. The Kier molecular flexibility index (Phi) is 2.76. The van der Waals surface area contributed by atoms with Gasteiger partial charge in [0.1, 0.15) is 0 Å². The fourth-order valence-corrected chi connectivity index (χ4v) is 1.40. The number of nitrogens with one attached hydrogen (secondary N) is 1. The number of anilines is 1. The van der Waals surface area contributed by atoms with E-state index in [0.29, 0.717) is 0 Å². The lowest BCUT2D eigenvalue weighted by Gasteiger charge is -2.12. The first-order valence-corrected chi connectivity index (χ1v) is 4.51. The zero-order valence-corrected chi connectivity index (χ0v) is 8.86. The van der Waals surface area contributed by atoms with Gasteiger partial charge in [-0.3, -0.25) is 0 Å². The van der Waals surface area contributed by atoms with Gasteiger partial charge in [-0.15, -0.1) is 0 Å². The van der Waals surface area contributed by atoms with Gasteiger partial charge in [0.2, 0.25) is 0 Å². The Morgan fingerprint density at radius 3 is 2.38 bits per heavy atom. The van der Waals surface area contributed by atoms with Gasteiger partial charge in [0.25, 0.3) is 0 Å². The molecule has 0 aliphatic rings. The molecule has 0 fully saturated rings. The number of rotatable bonds is 2. The molecule has 0 spiro atoms. The summed E-state index contributed by atoms with van der Waals surface area (Å²) in [6.45, 7) is 12.2. The van der Waals surface area contributed by atoms with Gasteiger partial charge in [-0.05, 0) is 50.5 Å². The first-order valence-electron chi connectivity index (χ1n) is 4.51. The van der Waals surface area contributed by atoms with Gasteiger partial charge in [-0.2, -0.15) is 0 Å². The Morgan fingerprint density at radius 2 is 1.85 bits per heavy atom. The van der Waals surface area contributed by atoms with Gasteiger partial charge in [-0.1, -0.05) is 12.6 Å². The molecular weight excluding hydrogens is 158 g/mol. The van der Waals surface area contributed by atoms with Crippen molar-refractivity contribution < 1.29 is 0 Å². The van der Waals surface area contributed by atoms with E-state index in [1.165, 1.54) is 22.4 Å². The van der Waals surface area contributed by atoms with Gasteiger partial charge in [0.05, 0.1) is 0 Å². The second-order valence-electron chi connectivity index (χ2n) is 3.66. The average Bonchev–Trinajstić information content (AvgIpc) is 1.98. The predicted molar refractivity (Wildman–Crippen MR) is 59.1 cm³/mol. The van der Waals surface area contributed by atoms with E-state index in [0.717, 1.165) is 5.70 Å². The number of aryl methyl sites for hydroxylation is 2. The fourth-order valence-electron chi connectivity index (χ4n) is 1.40. The van der Waals surface area contributed by atoms with Crippen LogP contribution in [0.3, 0.4) is 0 Å². The molecule has 1 aromatic rings. The van der Waals surface area contributed by atoms with Gasteiger partial charge in [0, 0.05) is 11.4 Å². The molecule has 1 N–H and O–H groups in total. The molecule has 0 saturated carbocycles. The van der Waals surface area contributed by atoms with Crippen LogP contribution < -0.4 is 5.32 Å². The molecule has 0 atom stereocenters. The molecule has 1 heteroatoms. The SMILES string of the molecule is C=C(C)Nc1cc(C)cc(C)c1C. The predicted octanol–water partition coefficient (Wildman–Crippen LogP) is 3.56. The molecule has 0 aliphatic carbocycles. The molecule has 1 rings (SSSR count). The summed E-state index contributed by atoms with van der Waals surface area (Å²) < 4.78 is 0. The Morgan fingerprint density at radius 1 is 1.23 bits per heavy atom. The van der Waals surface area contributed by atoms with Crippen molar-refractivity contribution in [2.75, 3.05) is 5.32 Å².